The number of likely N-dealkylation sites (tertiary alicyclic amines) is 1. The Hall–Kier alpha value is -2.48. The molecule has 0 saturated carbocycles. The second kappa shape index (κ2) is 7.60. The van der Waals surface area contributed by atoms with Crippen LogP contribution in [0.4, 0.5) is 8.78 Å². The van der Waals surface area contributed by atoms with E-state index in [9.17, 15) is 13.6 Å². The zero-order chi connectivity index (χ0) is 17.8. The summed E-state index contributed by atoms with van der Waals surface area (Å²) in [6.45, 7) is 1.65. The Morgan fingerprint density at radius 1 is 1.44 bits per heavy atom. The molecule has 2 heterocycles. The van der Waals surface area contributed by atoms with Crippen molar-refractivity contribution in [2.75, 3.05) is 26.8 Å². The van der Waals surface area contributed by atoms with Gasteiger partial charge in [0.2, 0.25) is 11.7 Å². The summed E-state index contributed by atoms with van der Waals surface area (Å²) in [4.78, 5) is 18.2. The summed E-state index contributed by atoms with van der Waals surface area (Å²) in [6.07, 6.45) is 2.12. The van der Waals surface area contributed by atoms with Crippen LogP contribution in [0.3, 0.4) is 0 Å². The first kappa shape index (κ1) is 17.3. The lowest BCUT2D eigenvalue weighted by atomic mass is 10.1. The van der Waals surface area contributed by atoms with Gasteiger partial charge in [0.15, 0.2) is 23.9 Å². The van der Waals surface area contributed by atoms with E-state index < -0.39 is 11.6 Å². The summed E-state index contributed by atoms with van der Waals surface area (Å²) in [5.74, 6) is -2.12. The second-order valence-corrected chi connectivity index (χ2v) is 5.83. The maximum Gasteiger partial charge on any atom is 0.275 e. The second-order valence-electron chi connectivity index (χ2n) is 5.83. The molecule has 0 N–H and O–H groups in total. The molecule has 3 rings (SSSR count). The van der Waals surface area contributed by atoms with Crippen molar-refractivity contribution in [3.8, 4) is 5.75 Å². The molecule has 1 aromatic carbocycles. The van der Waals surface area contributed by atoms with E-state index in [0.29, 0.717) is 25.6 Å². The Bertz CT molecular complexity index is 750. The zero-order valence-corrected chi connectivity index (χ0v) is 13.7. The fourth-order valence-corrected chi connectivity index (χ4v) is 2.76. The molecule has 134 valence electrons. The third kappa shape index (κ3) is 3.96. The first-order valence-electron chi connectivity index (χ1n) is 7.88. The van der Waals surface area contributed by atoms with E-state index >= 15 is 0 Å². The highest BCUT2D eigenvalue weighted by Crippen LogP contribution is 2.21. The number of carbonyl (C=O) groups excluding carboxylic acids is 1. The standard InChI is InChI=1S/C17H18F2N2O4/c1-23-8-11-5-6-21(7-11)17(22)13-9-25-15(20-13)10-24-14-4-2-3-12(18)16(14)19/h2-4,9,11H,5-8,10H2,1H3/t11-/m1/s1. The van der Waals surface area contributed by atoms with Gasteiger partial charge < -0.3 is 18.8 Å². The molecule has 1 aliphatic heterocycles. The van der Waals surface area contributed by atoms with Gasteiger partial charge >= 0.3 is 0 Å². The van der Waals surface area contributed by atoms with Crippen molar-refractivity contribution >= 4 is 5.91 Å². The van der Waals surface area contributed by atoms with E-state index in [1.165, 1.54) is 18.4 Å². The molecule has 6 nitrogen and oxygen atoms in total. The predicted molar refractivity (Wildman–Crippen MR) is 83.1 cm³/mol. The molecule has 25 heavy (non-hydrogen) atoms. The van der Waals surface area contributed by atoms with Crippen LogP contribution in [0.2, 0.25) is 0 Å². The highest BCUT2D eigenvalue weighted by Gasteiger charge is 2.28. The minimum absolute atomic E-state index is 0.111. The SMILES string of the molecule is COC[C@@H]1CCN(C(=O)c2coc(COc3cccc(F)c3F)n2)C1. The highest BCUT2D eigenvalue weighted by atomic mass is 19.2. The Morgan fingerprint density at radius 2 is 2.28 bits per heavy atom. The summed E-state index contributed by atoms with van der Waals surface area (Å²) in [7, 11) is 1.63. The van der Waals surface area contributed by atoms with Crippen LogP contribution in [0, 0.1) is 17.6 Å². The number of carbonyl (C=O) groups is 1. The molecule has 0 unspecified atom stereocenters. The van der Waals surface area contributed by atoms with Crippen molar-refractivity contribution in [1.29, 1.82) is 0 Å². The Kier molecular flexibility index (Phi) is 5.28. The van der Waals surface area contributed by atoms with Gasteiger partial charge in [-0.05, 0) is 18.6 Å². The molecule has 0 radical (unpaired) electrons. The van der Waals surface area contributed by atoms with E-state index in [2.05, 4.69) is 4.98 Å². The number of amides is 1. The van der Waals surface area contributed by atoms with E-state index in [4.69, 9.17) is 13.9 Å². The molecule has 1 aromatic heterocycles. The number of hydrogen-bond donors (Lipinski definition) is 0. The van der Waals surface area contributed by atoms with E-state index in [0.717, 1.165) is 12.5 Å². The number of nitrogens with zero attached hydrogens (tertiary/aromatic N) is 2. The van der Waals surface area contributed by atoms with Crippen molar-refractivity contribution in [2.24, 2.45) is 5.92 Å². The Labute approximate surface area is 143 Å². The smallest absolute Gasteiger partial charge is 0.275 e. The van der Waals surface area contributed by atoms with Gasteiger partial charge in [-0.25, -0.2) is 9.37 Å². The molecule has 0 spiro atoms. The fraction of sp³-hybridized carbons (Fsp3) is 0.412. The van der Waals surface area contributed by atoms with Gasteiger partial charge in [0, 0.05) is 26.1 Å². The van der Waals surface area contributed by atoms with Crippen molar-refractivity contribution < 1.29 is 27.5 Å². The van der Waals surface area contributed by atoms with Crippen LogP contribution in [0.15, 0.2) is 28.9 Å². The molecular weight excluding hydrogens is 334 g/mol. The van der Waals surface area contributed by atoms with Crippen LogP contribution in [-0.2, 0) is 11.3 Å². The number of benzene rings is 1. The van der Waals surface area contributed by atoms with Gasteiger partial charge in [-0.3, -0.25) is 4.79 Å². The van der Waals surface area contributed by atoms with Gasteiger partial charge in [-0.2, -0.15) is 4.39 Å². The summed E-state index contributed by atoms with van der Waals surface area (Å²) < 4.78 is 42.1. The van der Waals surface area contributed by atoms with Gasteiger partial charge in [0.1, 0.15) is 6.26 Å². The number of ether oxygens (including phenoxy) is 2. The van der Waals surface area contributed by atoms with Crippen LogP contribution in [0.1, 0.15) is 22.8 Å². The topological polar surface area (TPSA) is 64.8 Å². The van der Waals surface area contributed by atoms with E-state index in [-0.39, 0.29) is 29.8 Å². The average molecular weight is 352 g/mol. The summed E-state index contributed by atoms with van der Waals surface area (Å²) in [5.41, 5.74) is 0.163. The molecule has 1 fully saturated rings. The van der Waals surface area contributed by atoms with E-state index in [1.807, 2.05) is 0 Å². The summed E-state index contributed by atoms with van der Waals surface area (Å²) in [6, 6.07) is 3.63. The maximum atomic E-state index is 13.5. The first-order chi connectivity index (χ1) is 12.1. The number of hydrogen-bond acceptors (Lipinski definition) is 5. The number of rotatable bonds is 6. The minimum atomic E-state index is -1.08. The average Bonchev–Trinajstić information content (AvgIpc) is 3.25. The van der Waals surface area contributed by atoms with Gasteiger partial charge in [0.25, 0.3) is 5.91 Å². The van der Waals surface area contributed by atoms with Gasteiger partial charge in [0.05, 0.1) is 6.61 Å². The molecule has 1 saturated heterocycles. The fourth-order valence-electron chi connectivity index (χ4n) is 2.76. The van der Waals surface area contributed by atoms with Crippen molar-refractivity contribution in [3.05, 3.63) is 47.7 Å². The summed E-state index contributed by atoms with van der Waals surface area (Å²) >= 11 is 0. The first-order valence-corrected chi connectivity index (χ1v) is 7.88. The summed E-state index contributed by atoms with van der Waals surface area (Å²) in [5, 5.41) is 0. The minimum Gasteiger partial charge on any atom is -0.481 e. The van der Waals surface area contributed by atoms with Gasteiger partial charge in [-0.1, -0.05) is 6.07 Å². The molecule has 8 heteroatoms. The number of methoxy groups -OCH3 is 1. The Balaban J connectivity index is 1.59. The van der Waals surface area contributed by atoms with Crippen LogP contribution < -0.4 is 4.74 Å². The van der Waals surface area contributed by atoms with E-state index in [1.54, 1.807) is 12.0 Å². The van der Waals surface area contributed by atoms with Crippen LogP contribution in [0.25, 0.3) is 0 Å². The van der Waals surface area contributed by atoms with Gasteiger partial charge in [-0.15, -0.1) is 0 Å². The highest BCUT2D eigenvalue weighted by molar-refractivity contribution is 5.92. The molecule has 1 amide bonds. The third-order valence-electron chi connectivity index (χ3n) is 4.01. The predicted octanol–water partition coefficient (Wildman–Crippen LogP) is 2.64. The molecule has 2 aromatic rings. The molecule has 1 aliphatic rings. The monoisotopic (exact) mass is 352 g/mol. The molecule has 1 atom stereocenters. The zero-order valence-electron chi connectivity index (χ0n) is 13.7. The van der Waals surface area contributed by atoms with Crippen molar-refractivity contribution in [2.45, 2.75) is 13.0 Å². The largest absolute Gasteiger partial charge is 0.481 e. The number of halogens is 2. The lowest BCUT2D eigenvalue weighted by Gasteiger charge is -2.14. The Morgan fingerprint density at radius 3 is 3.08 bits per heavy atom. The molecule has 0 aliphatic carbocycles. The van der Waals surface area contributed by atoms with Crippen LogP contribution in [0.5, 0.6) is 5.75 Å². The quantitative estimate of drug-likeness (QED) is 0.800. The molecule has 0 bridgehead atoms. The van der Waals surface area contributed by atoms with Crippen molar-refractivity contribution in [1.82, 2.24) is 9.88 Å². The molecular formula is C17H18F2N2O4. The number of oxazole rings is 1. The normalized spacial score (nSPS) is 17.1. The third-order valence-corrected chi connectivity index (χ3v) is 4.01. The maximum absolute atomic E-state index is 13.5. The lowest BCUT2D eigenvalue weighted by Crippen LogP contribution is -2.29. The van der Waals surface area contributed by atoms with Crippen molar-refractivity contribution in [3.63, 3.8) is 0 Å². The van der Waals surface area contributed by atoms with Crippen LogP contribution >= 0.6 is 0 Å². The van der Waals surface area contributed by atoms with Crippen LogP contribution in [-0.4, -0.2) is 42.6 Å². The lowest BCUT2D eigenvalue weighted by molar-refractivity contribution is 0.0769. The number of aromatic nitrogens is 1.